The Balaban J connectivity index is 2.14. The molecule has 0 spiro atoms. The van der Waals surface area contributed by atoms with Gasteiger partial charge in [-0.3, -0.25) is 4.79 Å². The second kappa shape index (κ2) is 6.19. The van der Waals surface area contributed by atoms with Crippen molar-refractivity contribution in [3.63, 3.8) is 0 Å². The van der Waals surface area contributed by atoms with Crippen molar-refractivity contribution in [1.82, 2.24) is 14.3 Å². The number of ketones is 1. The Morgan fingerprint density at radius 2 is 2.19 bits per heavy atom. The van der Waals surface area contributed by atoms with Crippen LogP contribution in [0.3, 0.4) is 0 Å². The first-order chi connectivity index (χ1) is 9.88. The Bertz CT molecular complexity index is 724. The molecule has 6 nitrogen and oxygen atoms in total. The van der Waals surface area contributed by atoms with Gasteiger partial charge in [0.1, 0.15) is 0 Å². The van der Waals surface area contributed by atoms with Crippen LogP contribution in [0.1, 0.15) is 24.2 Å². The van der Waals surface area contributed by atoms with Crippen molar-refractivity contribution in [2.45, 2.75) is 31.3 Å². The summed E-state index contributed by atoms with van der Waals surface area (Å²) in [7, 11) is -3.65. The van der Waals surface area contributed by atoms with E-state index in [0.717, 1.165) is 0 Å². The van der Waals surface area contributed by atoms with E-state index in [1.807, 2.05) is 0 Å². The minimum absolute atomic E-state index is 0.0904. The number of nitrogens with zero attached hydrogens (tertiary/aromatic N) is 2. The number of hydrogen-bond donors (Lipinski definition) is 1. The van der Waals surface area contributed by atoms with Crippen molar-refractivity contribution < 1.29 is 13.2 Å². The van der Waals surface area contributed by atoms with Crippen LogP contribution < -0.4 is 4.72 Å². The Labute approximate surface area is 123 Å². The number of Topliss-reactive ketones (excluding diaryl/α,β-unsaturated/α-hetero) is 1. The van der Waals surface area contributed by atoms with Gasteiger partial charge in [-0.15, -0.1) is 0 Å². The van der Waals surface area contributed by atoms with E-state index in [9.17, 15) is 13.2 Å². The lowest BCUT2D eigenvalue weighted by molar-refractivity contribution is 0.101. The molecule has 2 aromatic rings. The average Bonchev–Trinajstić information content (AvgIpc) is 2.91. The quantitative estimate of drug-likeness (QED) is 0.819. The minimum atomic E-state index is -3.65. The molecule has 1 heterocycles. The van der Waals surface area contributed by atoms with Gasteiger partial charge in [-0.25, -0.2) is 18.1 Å². The first kappa shape index (κ1) is 15.4. The zero-order valence-corrected chi connectivity index (χ0v) is 12.7. The van der Waals surface area contributed by atoms with E-state index in [0.29, 0.717) is 12.1 Å². The highest BCUT2D eigenvalue weighted by atomic mass is 32.2. The Hall–Kier alpha value is -1.99. The van der Waals surface area contributed by atoms with E-state index in [2.05, 4.69) is 9.71 Å². The Morgan fingerprint density at radius 3 is 2.81 bits per heavy atom. The lowest BCUT2D eigenvalue weighted by atomic mass is 10.2. The molecule has 1 atom stereocenters. The zero-order chi connectivity index (χ0) is 15.5. The highest BCUT2D eigenvalue weighted by Gasteiger charge is 2.18. The van der Waals surface area contributed by atoms with Crippen LogP contribution in [0.4, 0.5) is 0 Å². The van der Waals surface area contributed by atoms with Crippen LogP contribution in [0.5, 0.6) is 0 Å². The van der Waals surface area contributed by atoms with E-state index in [-0.39, 0.29) is 16.7 Å². The molecule has 1 aromatic heterocycles. The molecule has 21 heavy (non-hydrogen) atoms. The number of hydrogen-bond acceptors (Lipinski definition) is 4. The lowest BCUT2D eigenvalue weighted by Crippen LogP contribution is -2.35. The smallest absolute Gasteiger partial charge is 0.240 e. The molecule has 2 rings (SSSR count). The van der Waals surface area contributed by atoms with Gasteiger partial charge in [0.2, 0.25) is 10.0 Å². The number of nitrogens with one attached hydrogen (secondary N) is 1. The maximum atomic E-state index is 12.3. The summed E-state index contributed by atoms with van der Waals surface area (Å²) in [6.45, 7) is 3.65. The molecular weight excluding hydrogens is 290 g/mol. The van der Waals surface area contributed by atoms with Crippen LogP contribution in [-0.4, -0.2) is 29.8 Å². The second-order valence-corrected chi connectivity index (χ2v) is 6.58. The summed E-state index contributed by atoms with van der Waals surface area (Å²) < 4.78 is 29.0. The molecule has 7 heteroatoms. The summed E-state index contributed by atoms with van der Waals surface area (Å²) in [5, 5.41) is 0. The van der Waals surface area contributed by atoms with Crippen LogP contribution in [0.15, 0.2) is 47.9 Å². The molecule has 112 valence electrons. The number of carbonyl (C=O) groups excluding carboxylic acids is 1. The third-order valence-corrected chi connectivity index (χ3v) is 4.54. The summed E-state index contributed by atoms with van der Waals surface area (Å²) in [5.74, 6) is -0.168. The van der Waals surface area contributed by atoms with Gasteiger partial charge < -0.3 is 4.57 Å². The highest BCUT2D eigenvalue weighted by molar-refractivity contribution is 7.89. The maximum absolute atomic E-state index is 12.3. The fourth-order valence-corrected chi connectivity index (χ4v) is 3.24. The van der Waals surface area contributed by atoms with E-state index in [1.54, 1.807) is 42.3 Å². The summed E-state index contributed by atoms with van der Waals surface area (Å²) in [4.78, 5) is 15.3. The van der Waals surface area contributed by atoms with Crippen molar-refractivity contribution in [3.05, 3.63) is 48.5 Å². The molecule has 0 bridgehead atoms. The number of sulfonamides is 1. The molecule has 0 aliphatic carbocycles. The van der Waals surface area contributed by atoms with Crippen molar-refractivity contribution in [1.29, 1.82) is 0 Å². The van der Waals surface area contributed by atoms with Gasteiger partial charge in [0.15, 0.2) is 5.78 Å². The van der Waals surface area contributed by atoms with Crippen molar-refractivity contribution in [2.75, 3.05) is 0 Å². The fraction of sp³-hybridized carbons (Fsp3) is 0.286. The summed E-state index contributed by atoms with van der Waals surface area (Å²) in [6.07, 6.45) is 5.03. The average molecular weight is 307 g/mol. The number of aromatic nitrogens is 2. The van der Waals surface area contributed by atoms with Crippen molar-refractivity contribution >= 4 is 15.8 Å². The molecule has 0 amide bonds. The second-order valence-electron chi connectivity index (χ2n) is 4.87. The zero-order valence-electron chi connectivity index (χ0n) is 11.9. The molecule has 0 aliphatic rings. The van der Waals surface area contributed by atoms with Crippen molar-refractivity contribution in [3.8, 4) is 0 Å². The predicted molar refractivity (Wildman–Crippen MR) is 78.5 cm³/mol. The van der Waals surface area contributed by atoms with E-state index < -0.39 is 10.0 Å². The largest absolute Gasteiger partial charge is 0.336 e. The third-order valence-electron chi connectivity index (χ3n) is 2.95. The maximum Gasteiger partial charge on any atom is 0.240 e. The summed E-state index contributed by atoms with van der Waals surface area (Å²) in [5.41, 5.74) is 0.375. The van der Waals surface area contributed by atoms with E-state index >= 15 is 0 Å². The monoisotopic (exact) mass is 307 g/mol. The molecule has 0 saturated carbocycles. The van der Waals surface area contributed by atoms with Crippen LogP contribution in [0, 0.1) is 0 Å². The molecule has 0 aliphatic heterocycles. The molecule has 1 aromatic carbocycles. The van der Waals surface area contributed by atoms with Gasteiger partial charge in [-0.1, -0.05) is 12.1 Å². The van der Waals surface area contributed by atoms with Gasteiger partial charge in [0, 0.05) is 30.5 Å². The minimum Gasteiger partial charge on any atom is -0.336 e. The third kappa shape index (κ3) is 3.99. The molecule has 0 saturated heterocycles. The van der Waals surface area contributed by atoms with E-state index in [4.69, 9.17) is 0 Å². The standard InChI is InChI=1S/C14H17N3O3S/c1-11(9-17-7-6-15-10-17)16-21(19,20)14-5-3-4-13(8-14)12(2)18/h3-8,10-11,16H,9H2,1-2H3/t11-/m0/s1. The molecule has 0 unspecified atom stereocenters. The first-order valence-electron chi connectivity index (χ1n) is 6.47. The number of carbonyl (C=O) groups is 1. The first-order valence-corrected chi connectivity index (χ1v) is 7.96. The highest BCUT2D eigenvalue weighted by Crippen LogP contribution is 2.12. The Morgan fingerprint density at radius 1 is 1.43 bits per heavy atom. The van der Waals surface area contributed by atoms with Gasteiger partial charge in [0.25, 0.3) is 0 Å². The summed E-state index contributed by atoms with van der Waals surface area (Å²) in [6, 6.07) is 5.71. The van der Waals surface area contributed by atoms with Crippen LogP contribution in [0.2, 0.25) is 0 Å². The van der Waals surface area contributed by atoms with Gasteiger partial charge in [-0.2, -0.15) is 0 Å². The number of imidazole rings is 1. The number of benzene rings is 1. The van der Waals surface area contributed by atoms with Crippen LogP contribution >= 0.6 is 0 Å². The number of rotatable bonds is 6. The molecule has 0 radical (unpaired) electrons. The Kier molecular flexibility index (Phi) is 4.54. The van der Waals surface area contributed by atoms with Crippen molar-refractivity contribution in [2.24, 2.45) is 0 Å². The lowest BCUT2D eigenvalue weighted by Gasteiger charge is -2.15. The van der Waals surface area contributed by atoms with Gasteiger partial charge in [0.05, 0.1) is 11.2 Å². The molecule has 0 fully saturated rings. The SMILES string of the molecule is CC(=O)c1cccc(S(=O)(=O)N[C@@H](C)Cn2ccnc2)c1. The normalized spacial score (nSPS) is 13.0. The van der Waals surface area contributed by atoms with E-state index in [1.165, 1.54) is 19.1 Å². The molecular formula is C14H17N3O3S. The molecule has 1 N–H and O–H groups in total. The predicted octanol–water partition coefficient (Wildman–Crippen LogP) is 1.45. The topological polar surface area (TPSA) is 81.1 Å². The summed E-state index contributed by atoms with van der Waals surface area (Å²) >= 11 is 0. The van der Waals surface area contributed by atoms with Gasteiger partial charge in [-0.05, 0) is 26.0 Å². The fourth-order valence-electron chi connectivity index (χ4n) is 1.96. The van der Waals surface area contributed by atoms with Gasteiger partial charge >= 0.3 is 0 Å². The van der Waals surface area contributed by atoms with Crippen LogP contribution in [0.25, 0.3) is 0 Å². The van der Waals surface area contributed by atoms with Crippen LogP contribution in [-0.2, 0) is 16.6 Å².